The zero-order chi connectivity index (χ0) is 22.5. The van der Waals surface area contributed by atoms with Gasteiger partial charge in [-0.3, -0.25) is 9.36 Å². The maximum absolute atomic E-state index is 13.3. The van der Waals surface area contributed by atoms with Gasteiger partial charge in [0.05, 0.1) is 26.5 Å². The maximum Gasteiger partial charge on any atom is 0.262 e. The van der Waals surface area contributed by atoms with Crippen LogP contribution in [0.15, 0.2) is 53.5 Å². The molecule has 164 valence electrons. The molecular weight excluding hydrogens is 420 g/mol. The van der Waals surface area contributed by atoms with Crippen LogP contribution in [0.3, 0.4) is 0 Å². The van der Waals surface area contributed by atoms with Crippen molar-refractivity contribution in [1.82, 2.24) is 9.55 Å². The molecule has 5 nitrogen and oxygen atoms in total. The lowest BCUT2D eigenvalue weighted by Crippen LogP contribution is -2.24. The Bertz CT molecular complexity index is 1370. The van der Waals surface area contributed by atoms with Crippen LogP contribution in [-0.2, 0) is 10.4 Å². The number of aldehydes is 1. The second-order valence-corrected chi connectivity index (χ2v) is 10.3. The van der Waals surface area contributed by atoms with E-state index in [-0.39, 0.29) is 11.5 Å². The molecule has 0 aliphatic heterocycles. The first-order valence-electron chi connectivity index (χ1n) is 11.1. The molecule has 0 radical (unpaired) electrons. The van der Waals surface area contributed by atoms with Crippen LogP contribution in [0.2, 0.25) is 0 Å². The van der Waals surface area contributed by atoms with E-state index in [9.17, 15) is 14.7 Å². The Morgan fingerprint density at radius 1 is 1.12 bits per heavy atom. The lowest BCUT2D eigenvalue weighted by atomic mass is 9.83. The molecule has 0 bridgehead atoms. The fraction of sp³-hybridized carbons (Fsp3) is 0.346. The van der Waals surface area contributed by atoms with Crippen molar-refractivity contribution in [3.8, 4) is 5.69 Å². The van der Waals surface area contributed by atoms with Crippen molar-refractivity contribution in [2.24, 2.45) is 5.92 Å². The van der Waals surface area contributed by atoms with Gasteiger partial charge in [0.15, 0.2) is 0 Å². The summed E-state index contributed by atoms with van der Waals surface area (Å²) in [6.45, 7) is 3.47. The maximum atomic E-state index is 13.3. The fourth-order valence-corrected chi connectivity index (χ4v) is 5.88. The Labute approximate surface area is 190 Å². The Kier molecular flexibility index (Phi) is 5.22. The van der Waals surface area contributed by atoms with Crippen LogP contribution in [0.5, 0.6) is 0 Å². The number of fused-ring (bicyclic) bond motifs is 2. The highest BCUT2D eigenvalue weighted by Gasteiger charge is 2.27. The summed E-state index contributed by atoms with van der Waals surface area (Å²) < 4.78 is 2.63. The van der Waals surface area contributed by atoms with Crippen molar-refractivity contribution in [3.05, 3.63) is 69.6 Å². The summed E-state index contributed by atoms with van der Waals surface area (Å²) in [5, 5.41) is 13.6. The van der Waals surface area contributed by atoms with E-state index in [0.717, 1.165) is 52.6 Å². The van der Waals surface area contributed by atoms with E-state index >= 15 is 0 Å². The van der Waals surface area contributed by atoms with E-state index in [2.05, 4.69) is 0 Å². The third-order valence-corrected chi connectivity index (χ3v) is 7.75. The van der Waals surface area contributed by atoms with Crippen molar-refractivity contribution >= 4 is 38.6 Å². The molecule has 2 aromatic heterocycles. The zero-order valence-electron chi connectivity index (χ0n) is 18.2. The Balaban J connectivity index is 1.65. The number of hydrogen-bond acceptors (Lipinski definition) is 5. The summed E-state index contributed by atoms with van der Waals surface area (Å²) in [7, 11) is 0. The molecule has 1 saturated carbocycles. The molecule has 4 aromatic rings. The highest BCUT2D eigenvalue weighted by atomic mass is 32.1. The van der Waals surface area contributed by atoms with Gasteiger partial charge >= 0.3 is 0 Å². The summed E-state index contributed by atoms with van der Waals surface area (Å²) in [4.78, 5) is 29.3. The number of carbonyl (C=O) groups is 1. The molecule has 1 aliphatic rings. The average molecular weight is 447 g/mol. The average Bonchev–Trinajstić information content (AvgIpc) is 3.21. The highest BCUT2D eigenvalue weighted by molar-refractivity contribution is 7.18. The van der Waals surface area contributed by atoms with Gasteiger partial charge in [0.25, 0.3) is 5.56 Å². The lowest BCUT2D eigenvalue weighted by Gasteiger charge is -2.23. The third kappa shape index (κ3) is 3.67. The molecule has 0 unspecified atom stereocenters. The number of rotatable bonds is 4. The molecule has 2 aromatic carbocycles. The first kappa shape index (κ1) is 21.0. The normalized spacial score (nSPS) is 19.5. The van der Waals surface area contributed by atoms with Gasteiger partial charge < -0.3 is 9.90 Å². The van der Waals surface area contributed by atoms with Gasteiger partial charge in [0.1, 0.15) is 6.29 Å². The molecule has 1 fully saturated rings. The number of pyridine rings is 1. The number of benzene rings is 2. The monoisotopic (exact) mass is 446 g/mol. The van der Waals surface area contributed by atoms with Crippen LogP contribution in [0, 0.1) is 5.92 Å². The molecular formula is C26H26N2O3S. The zero-order valence-corrected chi connectivity index (χ0v) is 19.1. The molecule has 0 amide bonds. The van der Waals surface area contributed by atoms with Crippen LogP contribution in [0.1, 0.15) is 56.0 Å². The fourth-order valence-electron chi connectivity index (χ4n) is 4.73. The first-order valence-corrected chi connectivity index (χ1v) is 11.9. The minimum Gasteiger partial charge on any atom is -0.386 e. The molecule has 0 spiro atoms. The van der Waals surface area contributed by atoms with Gasteiger partial charge in [-0.1, -0.05) is 18.2 Å². The van der Waals surface area contributed by atoms with Crippen molar-refractivity contribution in [1.29, 1.82) is 0 Å². The van der Waals surface area contributed by atoms with Crippen LogP contribution >= 0.6 is 11.3 Å². The van der Waals surface area contributed by atoms with E-state index in [1.54, 1.807) is 35.9 Å². The van der Waals surface area contributed by atoms with Crippen molar-refractivity contribution in [2.45, 2.75) is 51.0 Å². The van der Waals surface area contributed by atoms with Gasteiger partial charge in [-0.2, -0.15) is 0 Å². The highest BCUT2D eigenvalue weighted by Crippen LogP contribution is 2.40. The molecule has 5 rings (SSSR count). The molecule has 0 saturated heterocycles. The molecule has 1 aliphatic carbocycles. The Morgan fingerprint density at radius 2 is 1.88 bits per heavy atom. The van der Waals surface area contributed by atoms with Gasteiger partial charge in [0.2, 0.25) is 0 Å². The lowest BCUT2D eigenvalue weighted by molar-refractivity contribution is -0.111. The standard InChI is InChI=1S/C26H26N2O3S/c1-26(2,31)20-13-21-23(32-24(27-21)18-9-7-16(15-29)8-10-18)14-22(20)28-12-11-17-5-3-4-6-19(17)25(28)30/h3-6,11-16,18,31H,7-10H2,1-2H3. The second kappa shape index (κ2) is 7.94. The van der Waals surface area contributed by atoms with E-state index < -0.39 is 5.60 Å². The van der Waals surface area contributed by atoms with Crippen LogP contribution in [0.4, 0.5) is 0 Å². The molecule has 1 N–H and O–H groups in total. The second-order valence-electron chi connectivity index (χ2n) is 9.27. The van der Waals surface area contributed by atoms with Gasteiger partial charge in [-0.05, 0) is 69.2 Å². The van der Waals surface area contributed by atoms with E-state index in [0.29, 0.717) is 22.6 Å². The third-order valence-electron chi connectivity index (χ3n) is 6.57. The summed E-state index contributed by atoms with van der Waals surface area (Å²) in [5.74, 6) is 0.537. The molecule has 6 heteroatoms. The minimum absolute atomic E-state index is 0.107. The van der Waals surface area contributed by atoms with Crippen molar-refractivity contribution in [2.75, 3.05) is 0 Å². The van der Waals surface area contributed by atoms with Gasteiger partial charge in [-0.25, -0.2) is 4.98 Å². The quantitative estimate of drug-likeness (QED) is 0.432. The van der Waals surface area contributed by atoms with Crippen LogP contribution < -0.4 is 5.56 Å². The molecule has 32 heavy (non-hydrogen) atoms. The summed E-state index contributed by atoms with van der Waals surface area (Å²) >= 11 is 1.65. The predicted octanol–water partition coefficient (Wildman–Crippen LogP) is 5.30. The van der Waals surface area contributed by atoms with E-state index in [1.807, 2.05) is 42.5 Å². The Morgan fingerprint density at radius 3 is 2.59 bits per heavy atom. The van der Waals surface area contributed by atoms with Crippen LogP contribution in [-0.4, -0.2) is 20.9 Å². The largest absolute Gasteiger partial charge is 0.386 e. The smallest absolute Gasteiger partial charge is 0.262 e. The van der Waals surface area contributed by atoms with Crippen molar-refractivity contribution < 1.29 is 9.90 Å². The minimum atomic E-state index is -1.14. The summed E-state index contributed by atoms with van der Waals surface area (Å²) in [5.41, 5.74) is 0.951. The summed E-state index contributed by atoms with van der Waals surface area (Å²) in [6.07, 6.45) is 6.63. The molecule has 2 heterocycles. The number of nitrogens with zero attached hydrogens (tertiary/aromatic N) is 2. The van der Waals surface area contributed by atoms with Crippen LogP contribution in [0.25, 0.3) is 26.7 Å². The number of aromatic nitrogens is 2. The summed E-state index contributed by atoms with van der Waals surface area (Å²) in [6, 6.07) is 13.4. The topological polar surface area (TPSA) is 72.2 Å². The number of aliphatic hydroxyl groups is 1. The van der Waals surface area contributed by atoms with Crippen molar-refractivity contribution in [3.63, 3.8) is 0 Å². The number of thiazole rings is 1. The molecule has 0 atom stereocenters. The van der Waals surface area contributed by atoms with Gasteiger partial charge in [-0.15, -0.1) is 11.3 Å². The Hall–Kier alpha value is -2.83. The van der Waals surface area contributed by atoms with E-state index in [4.69, 9.17) is 4.98 Å². The number of hydrogen-bond donors (Lipinski definition) is 1. The first-order chi connectivity index (χ1) is 15.3. The SMILES string of the molecule is CC(C)(O)c1cc2nc(C3CCC(C=O)CC3)sc2cc1-n1ccc2ccccc2c1=O. The number of carbonyl (C=O) groups excluding carboxylic acids is 1. The van der Waals surface area contributed by atoms with E-state index in [1.165, 1.54) is 0 Å². The van der Waals surface area contributed by atoms with Gasteiger partial charge in [0, 0.05) is 29.0 Å². The predicted molar refractivity (Wildman–Crippen MR) is 129 cm³/mol.